The molecule has 1 aromatic carbocycles. The third-order valence-corrected chi connectivity index (χ3v) is 5.34. The van der Waals surface area contributed by atoms with Crippen LogP contribution in [0.4, 0.5) is 10.1 Å². The molecule has 2 aliphatic heterocycles. The van der Waals surface area contributed by atoms with Crippen molar-refractivity contribution in [2.45, 2.75) is 24.9 Å². The van der Waals surface area contributed by atoms with Crippen LogP contribution >= 0.6 is 0 Å². The second-order valence-corrected chi connectivity index (χ2v) is 7.34. The normalized spacial score (nSPS) is 22.5. The maximum absolute atomic E-state index is 13.2. The van der Waals surface area contributed by atoms with Gasteiger partial charge in [0, 0.05) is 24.1 Å². The fraction of sp³-hybridized carbons (Fsp3) is 0.381. The number of piperidine rings is 1. The van der Waals surface area contributed by atoms with Crippen LogP contribution in [0.2, 0.25) is 0 Å². The van der Waals surface area contributed by atoms with Gasteiger partial charge in [0.05, 0.1) is 19.5 Å². The Hall–Kier alpha value is -2.80. The average molecular weight is 383 g/mol. The van der Waals surface area contributed by atoms with Crippen LogP contribution in [0, 0.1) is 5.82 Å². The van der Waals surface area contributed by atoms with Crippen molar-refractivity contribution in [1.29, 1.82) is 0 Å². The summed E-state index contributed by atoms with van der Waals surface area (Å²) in [6.45, 7) is 1.41. The second kappa shape index (κ2) is 7.67. The molecule has 0 aliphatic carbocycles. The first-order chi connectivity index (χ1) is 13.5. The van der Waals surface area contributed by atoms with Crippen LogP contribution in [0.5, 0.6) is 0 Å². The number of halogens is 1. The van der Waals surface area contributed by atoms with Crippen molar-refractivity contribution in [3.8, 4) is 0 Å². The number of aromatic nitrogens is 1. The van der Waals surface area contributed by atoms with Gasteiger partial charge in [-0.15, -0.1) is 0 Å². The van der Waals surface area contributed by atoms with Crippen molar-refractivity contribution in [1.82, 2.24) is 9.88 Å². The Bertz CT molecular complexity index is 859. The molecule has 2 saturated heterocycles. The smallest absolute Gasteiger partial charge is 0.253 e. The van der Waals surface area contributed by atoms with E-state index in [-0.39, 0.29) is 30.7 Å². The number of rotatable bonds is 3. The number of morpholine rings is 1. The first kappa shape index (κ1) is 18.6. The van der Waals surface area contributed by atoms with Crippen molar-refractivity contribution in [2.75, 3.05) is 31.1 Å². The topological polar surface area (TPSA) is 62.7 Å². The van der Waals surface area contributed by atoms with Crippen molar-refractivity contribution >= 4 is 17.5 Å². The van der Waals surface area contributed by atoms with Crippen LogP contribution in [0.1, 0.15) is 18.5 Å². The first-order valence-electron chi connectivity index (χ1n) is 9.42. The van der Waals surface area contributed by atoms with Crippen LogP contribution < -0.4 is 4.90 Å². The Morgan fingerprint density at radius 1 is 1.18 bits per heavy atom. The number of carbonyl (C=O) groups excluding carboxylic acids is 2. The molecule has 28 heavy (non-hydrogen) atoms. The van der Waals surface area contributed by atoms with Crippen molar-refractivity contribution < 1.29 is 18.7 Å². The van der Waals surface area contributed by atoms with Gasteiger partial charge in [-0.2, -0.15) is 0 Å². The molecule has 0 saturated carbocycles. The van der Waals surface area contributed by atoms with Gasteiger partial charge in [0.25, 0.3) is 5.91 Å². The first-order valence-corrected chi connectivity index (χ1v) is 9.42. The summed E-state index contributed by atoms with van der Waals surface area (Å²) in [5.41, 5.74) is 0.783. The largest absolute Gasteiger partial charge is 0.361 e. The summed E-state index contributed by atoms with van der Waals surface area (Å²) in [6, 6.07) is 11.4. The fourth-order valence-corrected chi connectivity index (χ4v) is 3.90. The summed E-state index contributed by atoms with van der Waals surface area (Å²) in [6.07, 6.45) is 3.50. The number of anilines is 1. The van der Waals surface area contributed by atoms with Crippen LogP contribution in [0.15, 0.2) is 48.7 Å². The number of hydrogen-bond acceptors (Lipinski definition) is 4. The lowest BCUT2D eigenvalue weighted by Crippen LogP contribution is -2.62. The van der Waals surface area contributed by atoms with E-state index < -0.39 is 5.60 Å². The lowest BCUT2D eigenvalue weighted by Gasteiger charge is -2.47. The number of benzene rings is 1. The van der Waals surface area contributed by atoms with Gasteiger partial charge in [-0.3, -0.25) is 14.6 Å². The highest BCUT2D eigenvalue weighted by Gasteiger charge is 2.44. The average Bonchev–Trinajstić information content (AvgIpc) is 2.72. The molecule has 2 aliphatic rings. The molecule has 0 radical (unpaired) electrons. The Kier molecular flexibility index (Phi) is 5.09. The van der Waals surface area contributed by atoms with Crippen molar-refractivity contribution in [2.24, 2.45) is 0 Å². The number of pyridine rings is 1. The number of ether oxygens (including phenoxy) is 1. The van der Waals surface area contributed by atoms with Crippen LogP contribution in [-0.4, -0.2) is 53.5 Å². The van der Waals surface area contributed by atoms with E-state index in [9.17, 15) is 14.0 Å². The fourth-order valence-electron chi connectivity index (χ4n) is 3.90. The van der Waals surface area contributed by atoms with Gasteiger partial charge in [0.15, 0.2) is 0 Å². The molecule has 1 spiro atoms. The summed E-state index contributed by atoms with van der Waals surface area (Å²) in [7, 11) is 0. The highest BCUT2D eigenvalue weighted by atomic mass is 19.1. The van der Waals surface area contributed by atoms with Crippen LogP contribution in [0.25, 0.3) is 0 Å². The van der Waals surface area contributed by atoms with Crippen LogP contribution in [0.3, 0.4) is 0 Å². The molecule has 0 N–H and O–H groups in total. The van der Waals surface area contributed by atoms with Crippen molar-refractivity contribution in [3.63, 3.8) is 0 Å². The zero-order chi connectivity index (χ0) is 19.6. The molecule has 3 heterocycles. The second-order valence-electron chi connectivity index (χ2n) is 7.34. The van der Waals surface area contributed by atoms with Gasteiger partial charge in [0.1, 0.15) is 18.0 Å². The Labute approximate surface area is 162 Å². The molecule has 6 nitrogen and oxygen atoms in total. The predicted molar refractivity (Wildman–Crippen MR) is 101 cm³/mol. The maximum atomic E-state index is 13.2. The van der Waals surface area contributed by atoms with E-state index in [4.69, 9.17) is 4.74 Å². The summed E-state index contributed by atoms with van der Waals surface area (Å²) >= 11 is 0. The predicted octanol–water partition coefficient (Wildman–Crippen LogP) is 2.19. The minimum atomic E-state index is -0.597. The maximum Gasteiger partial charge on any atom is 0.253 e. The summed E-state index contributed by atoms with van der Waals surface area (Å²) in [4.78, 5) is 32.8. The molecule has 1 unspecified atom stereocenters. The molecule has 146 valence electrons. The van der Waals surface area contributed by atoms with Gasteiger partial charge in [-0.05, 0) is 49.2 Å². The monoisotopic (exact) mass is 383 g/mol. The van der Waals surface area contributed by atoms with Gasteiger partial charge in [-0.25, -0.2) is 4.39 Å². The zero-order valence-corrected chi connectivity index (χ0v) is 15.5. The SMILES string of the molecule is O=C(Cc1ccccn1)N1CCCC2(C1)CN(c1ccc(F)cc1)C(=O)CO2. The minimum absolute atomic E-state index is 0.00612. The number of likely N-dealkylation sites (tertiary alicyclic amines) is 1. The lowest BCUT2D eigenvalue weighted by atomic mass is 9.90. The highest BCUT2D eigenvalue weighted by molar-refractivity contribution is 5.95. The molecule has 7 heteroatoms. The molecule has 0 bridgehead atoms. The zero-order valence-electron chi connectivity index (χ0n) is 15.5. The molecular formula is C21H22FN3O3. The van der Waals surface area contributed by atoms with Gasteiger partial charge < -0.3 is 14.5 Å². The molecule has 1 atom stereocenters. The summed E-state index contributed by atoms with van der Waals surface area (Å²) in [5.74, 6) is -0.496. The third-order valence-electron chi connectivity index (χ3n) is 5.34. The van der Waals surface area contributed by atoms with Gasteiger partial charge >= 0.3 is 0 Å². The molecule has 2 amide bonds. The molecule has 4 rings (SSSR count). The van der Waals surface area contributed by atoms with Crippen LogP contribution in [-0.2, 0) is 20.7 Å². The van der Waals surface area contributed by atoms with E-state index in [1.54, 1.807) is 28.1 Å². The quantitative estimate of drug-likeness (QED) is 0.815. The van der Waals surface area contributed by atoms with E-state index in [2.05, 4.69) is 4.98 Å². The number of carbonyl (C=O) groups is 2. The minimum Gasteiger partial charge on any atom is -0.361 e. The van der Waals surface area contributed by atoms with E-state index >= 15 is 0 Å². The Morgan fingerprint density at radius 2 is 2.00 bits per heavy atom. The third kappa shape index (κ3) is 3.89. The van der Waals surface area contributed by atoms with Crippen molar-refractivity contribution in [3.05, 3.63) is 60.2 Å². The van der Waals surface area contributed by atoms with Gasteiger partial charge in [0.2, 0.25) is 5.91 Å². The summed E-state index contributed by atoms with van der Waals surface area (Å²) in [5, 5.41) is 0. The van der Waals surface area contributed by atoms with E-state index in [0.717, 1.165) is 18.5 Å². The number of nitrogens with zero attached hydrogens (tertiary/aromatic N) is 3. The van der Waals surface area contributed by atoms with E-state index in [1.807, 2.05) is 18.2 Å². The molecule has 2 fully saturated rings. The molecule has 2 aromatic rings. The lowest BCUT2D eigenvalue weighted by molar-refractivity contribution is -0.153. The van der Waals surface area contributed by atoms with E-state index in [1.165, 1.54) is 12.1 Å². The standard InChI is InChI=1S/C21H22FN3O3/c22-16-5-7-18(8-6-16)25-15-21(28-13-20(25)27)9-3-11-24(14-21)19(26)12-17-4-1-2-10-23-17/h1-2,4-8,10H,3,9,11-15H2. The molecular weight excluding hydrogens is 361 g/mol. The Morgan fingerprint density at radius 3 is 2.75 bits per heavy atom. The number of hydrogen-bond donors (Lipinski definition) is 0. The number of amides is 2. The molecule has 1 aromatic heterocycles. The Balaban J connectivity index is 1.48. The van der Waals surface area contributed by atoms with Gasteiger partial charge in [-0.1, -0.05) is 6.07 Å². The summed E-state index contributed by atoms with van der Waals surface area (Å²) < 4.78 is 19.2. The highest BCUT2D eigenvalue weighted by Crippen LogP contribution is 2.32. The van der Waals surface area contributed by atoms with E-state index in [0.29, 0.717) is 25.3 Å².